The number of ketones is 2. The van der Waals surface area contributed by atoms with Gasteiger partial charge in [-0.1, -0.05) is 54.6 Å². The highest BCUT2D eigenvalue weighted by atomic mass is 16.5. The highest BCUT2D eigenvalue weighted by molar-refractivity contribution is 6.16. The number of ether oxygens (including phenoxy) is 2. The van der Waals surface area contributed by atoms with Gasteiger partial charge >= 0.3 is 0 Å². The molecule has 7 nitrogen and oxygen atoms in total. The fourth-order valence-electron chi connectivity index (χ4n) is 7.05. The molecule has 208 valence electrons. The Balaban J connectivity index is 1.52. The van der Waals surface area contributed by atoms with E-state index in [1.165, 1.54) is 0 Å². The van der Waals surface area contributed by atoms with Gasteiger partial charge in [0.25, 0.3) is 0 Å². The molecular formula is C35H28N2O5. The predicted molar refractivity (Wildman–Crippen MR) is 159 cm³/mol. The molecule has 7 heteroatoms. The lowest BCUT2D eigenvalue weighted by Gasteiger charge is -2.38. The molecule has 4 aromatic carbocycles. The number of methoxy groups -OCH3 is 2. The number of carbonyl (C=O) groups excluding carboxylic acids is 3. The summed E-state index contributed by atoms with van der Waals surface area (Å²) >= 11 is 0. The van der Waals surface area contributed by atoms with Gasteiger partial charge in [0.2, 0.25) is 5.91 Å². The number of para-hydroxylation sites is 1. The van der Waals surface area contributed by atoms with Gasteiger partial charge in [0.1, 0.15) is 23.0 Å². The van der Waals surface area contributed by atoms with Crippen LogP contribution in [0.4, 0.5) is 5.69 Å². The molecule has 3 aliphatic heterocycles. The Kier molecular flexibility index (Phi) is 5.97. The van der Waals surface area contributed by atoms with Crippen LogP contribution in [0, 0.1) is 5.92 Å². The van der Waals surface area contributed by atoms with Crippen LogP contribution in [0.25, 0.3) is 6.08 Å². The van der Waals surface area contributed by atoms with Crippen molar-refractivity contribution in [3.05, 3.63) is 131 Å². The number of hydrogen-bond acceptors (Lipinski definition) is 6. The molecule has 3 heterocycles. The maximum Gasteiger partial charge on any atom is 0.238 e. The van der Waals surface area contributed by atoms with Crippen LogP contribution in [-0.4, -0.2) is 42.6 Å². The molecule has 7 rings (SSSR count). The molecule has 1 saturated heterocycles. The summed E-state index contributed by atoms with van der Waals surface area (Å²) in [5.41, 5.74) is 2.62. The topological polar surface area (TPSA) is 84.9 Å². The van der Waals surface area contributed by atoms with Gasteiger partial charge in [0, 0.05) is 23.0 Å². The van der Waals surface area contributed by atoms with E-state index >= 15 is 0 Å². The molecule has 4 atom stereocenters. The third-order valence-electron chi connectivity index (χ3n) is 8.85. The lowest BCUT2D eigenvalue weighted by Crippen LogP contribution is -2.49. The largest absolute Gasteiger partial charge is 0.497 e. The summed E-state index contributed by atoms with van der Waals surface area (Å²) in [4.78, 5) is 45.9. The van der Waals surface area contributed by atoms with Gasteiger partial charge < -0.3 is 19.7 Å². The first-order valence-electron chi connectivity index (χ1n) is 13.8. The second-order valence-electron chi connectivity index (χ2n) is 10.8. The van der Waals surface area contributed by atoms with E-state index in [2.05, 4.69) is 5.32 Å². The lowest BCUT2D eigenvalue weighted by atomic mass is 9.62. The number of benzene rings is 4. The zero-order valence-corrected chi connectivity index (χ0v) is 23.1. The first-order valence-corrected chi connectivity index (χ1v) is 13.8. The van der Waals surface area contributed by atoms with Gasteiger partial charge in [-0.2, -0.15) is 0 Å². The van der Waals surface area contributed by atoms with Crippen LogP contribution in [0.5, 0.6) is 11.5 Å². The monoisotopic (exact) mass is 556 g/mol. The summed E-state index contributed by atoms with van der Waals surface area (Å²) in [7, 11) is 3.11. The highest BCUT2D eigenvalue weighted by Gasteiger charge is 2.70. The number of hydrogen-bond donors (Lipinski definition) is 1. The number of fused-ring (bicyclic) bond motifs is 6. The van der Waals surface area contributed by atoms with E-state index in [0.717, 1.165) is 11.1 Å². The van der Waals surface area contributed by atoms with Gasteiger partial charge in [-0.05, 0) is 65.2 Å². The fraction of sp³-hybridized carbons (Fsp3) is 0.171. The smallest absolute Gasteiger partial charge is 0.238 e. The maximum atomic E-state index is 14.8. The summed E-state index contributed by atoms with van der Waals surface area (Å²) in [6, 6.07) is 27.5. The third-order valence-corrected chi connectivity index (χ3v) is 8.85. The van der Waals surface area contributed by atoms with Crippen molar-refractivity contribution < 1.29 is 23.9 Å². The van der Waals surface area contributed by atoms with Crippen molar-refractivity contribution >= 4 is 29.2 Å². The van der Waals surface area contributed by atoms with Crippen molar-refractivity contribution in [3.8, 4) is 11.5 Å². The minimum absolute atomic E-state index is 0.260. The number of nitrogens with zero attached hydrogens (tertiary/aromatic N) is 1. The number of rotatable bonds is 6. The summed E-state index contributed by atoms with van der Waals surface area (Å²) in [5, 5.41) is 3.07. The molecule has 3 aliphatic rings. The SMILES string of the molecule is COc1ccc(C(=O)[C@@H]2[C@H](C(=O)c3cccc(OC)c3)N3C=Cc4ccccc4[C@H]3[C@]23C(=O)Nc2ccccc23)cc1. The molecule has 0 radical (unpaired) electrons. The first kappa shape index (κ1) is 25.8. The molecule has 42 heavy (non-hydrogen) atoms. The van der Waals surface area contributed by atoms with Crippen LogP contribution < -0.4 is 14.8 Å². The Labute approximate surface area is 243 Å². The summed E-state index contributed by atoms with van der Waals surface area (Å²) in [5.74, 6) is -0.748. The predicted octanol–water partition coefficient (Wildman–Crippen LogP) is 5.69. The number of anilines is 1. The van der Waals surface area contributed by atoms with E-state index < -0.39 is 23.4 Å². The number of nitrogens with one attached hydrogen (secondary N) is 1. The maximum absolute atomic E-state index is 14.8. The van der Waals surface area contributed by atoms with Crippen molar-refractivity contribution in [2.24, 2.45) is 5.92 Å². The Morgan fingerprint density at radius 1 is 0.786 bits per heavy atom. The zero-order chi connectivity index (χ0) is 29.0. The summed E-state index contributed by atoms with van der Waals surface area (Å²) in [6.07, 6.45) is 3.82. The standard InChI is InChI=1S/C35H28N2O5/c1-41-24-16-14-22(15-17-24)31(38)29-30(32(39)23-9-7-10-25(20-23)42-2)37-19-18-21-8-3-4-11-26(21)33(37)35(29)27-12-5-6-13-28(27)36-34(35)40/h3-20,29-30,33H,1-2H3,(H,36,40)/t29-,30+,33-,35+/m0/s1. The summed E-state index contributed by atoms with van der Waals surface area (Å²) < 4.78 is 10.7. The minimum Gasteiger partial charge on any atom is -0.497 e. The molecule has 0 unspecified atom stereocenters. The van der Waals surface area contributed by atoms with Crippen molar-refractivity contribution in [2.45, 2.75) is 17.5 Å². The van der Waals surface area contributed by atoms with Crippen LogP contribution >= 0.6 is 0 Å². The second-order valence-corrected chi connectivity index (χ2v) is 10.8. The van der Waals surface area contributed by atoms with Gasteiger partial charge in [-0.3, -0.25) is 14.4 Å². The van der Waals surface area contributed by atoms with Crippen LogP contribution in [0.2, 0.25) is 0 Å². The van der Waals surface area contributed by atoms with Crippen LogP contribution in [0.1, 0.15) is 43.4 Å². The average Bonchev–Trinajstić information content (AvgIpc) is 3.52. The third kappa shape index (κ3) is 3.56. The second kappa shape index (κ2) is 9.73. The van der Waals surface area contributed by atoms with Gasteiger partial charge in [-0.25, -0.2) is 0 Å². The summed E-state index contributed by atoms with van der Waals surface area (Å²) in [6.45, 7) is 0. The molecule has 4 aromatic rings. The van der Waals surface area contributed by atoms with Crippen molar-refractivity contribution in [3.63, 3.8) is 0 Å². The van der Waals surface area contributed by atoms with Gasteiger partial charge in [0.05, 0.1) is 26.2 Å². The molecule has 0 aromatic heterocycles. The molecule has 0 saturated carbocycles. The van der Waals surface area contributed by atoms with Crippen molar-refractivity contribution in [1.82, 2.24) is 4.90 Å². The molecular weight excluding hydrogens is 528 g/mol. The molecule has 0 aliphatic carbocycles. The average molecular weight is 557 g/mol. The van der Waals surface area contributed by atoms with E-state index in [9.17, 15) is 14.4 Å². The van der Waals surface area contributed by atoms with Crippen LogP contribution in [-0.2, 0) is 10.2 Å². The Hall–Kier alpha value is -5.17. The number of carbonyl (C=O) groups is 3. The normalized spacial score (nSPS) is 23.1. The molecule has 0 bridgehead atoms. The number of Topliss-reactive ketones (excluding diaryl/α,β-unsaturated/α-hetero) is 2. The van der Waals surface area contributed by atoms with Gasteiger partial charge in [-0.15, -0.1) is 0 Å². The number of amides is 1. The van der Waals surface area contributed by atoms with Crippen molar-refractivity contribution in [1.29, 1.82) is 0 Å². The first-order chi connectivity index (χ1) is 20.5. The fourth-order valence-corrected chi connectivity index (χ4v) is 7.05. The van der Waals surface area contributed by atoms with E-state index in [0.29, 0.717) is 33.9 Å². The highest BCUT2D eigenvalue weighted by Crippen LogP contribution is 2.62. The van der Waals surface area contributed by atoms with Crippen LogP contribution in [0.3, 0.4) is 0 Å². The van der Waals surface area contributed by atoms with Crippen LogP contribution in [0.15, 0.2) is 103 Å². The van der Waals surface area contributed by atoms with Crippen molar-refractivity contribution in [2.75, 3.05) is 19.5 Å². The Morgan fingerprint density at radius 2 is 1.52 bits per heavy atom. The van der Waals surface area contributed by atoms with E-state index in [-0.39, 0.29) is 17.5 Å². The molecule has 1 amide bonds. The van der Waals surface area contributed by atoms with E-state index in [1.54, 1.807) is 62.8 Å². The molecule has 1 fully saturated rings. The van der Waals surface area contributed by atoms with Gasteiger partial charge in [0.15, 0.2) is 11.6 Å². The van der Waals surface area contributed by atoms with E-state index in [4.69, 9.17) is 9.47 Å². The molecule has 1 spiro atoms. The molecule has 1 N–H and O–H groups in total. The van der Waals surface area contributed by atoms with E-state index in [1.807, 2.05) is 65.7 Å². The Morgan fingerprint density at radius 3 is 2.31 bits per heavy atom. The Bertz CT molecular complexity index is 1780. The quantitative estimate of drug-likeness (QED) is 0.308. The lowest BCUT2D eigenvalue weighted by molar-refractivity contribution is -0.122. The zero-order valence-electron chi connectivity index (χ0n) is 23.1. The minimum atomic E-state index is -1.38.